The number of hydrogen-bond donors (Lipinski definition) is 1. The van der Waals surface area contributed by atoms with Crippen LogP contribution in [0.3, 0.4) is 0 Å². The van der Waals surface area contributed by atoms with Crippen LogP contribution in [0.1, 0.15) is 58.8 Å². The first-order chi connectivity index (χ1) is 8.49. The second-order valence-electron chi connectivity index (χ2n) is 5.64. The van der Waals surface area contributed by atoms with E-state index in [2.05, 4.69) is 13.8 Å². The predicted molar refractivity (Wildman–Crippen MR) is 75.8 cm³/mol. The number of carbonyl (C=O) groups excluding carboxylic acids is 2. The molecule has 0 saturated heterocycles. The Kier molecular flexibility index (Phi) is 6.31. The molecule has 3 nitrogen and oxygen atoms in total. The van der Waals surface area contributed by atoms with Crippen molar-refractivity contribution in [1.29, 1.82) is 0 Å². The molecule has 0 amide bonds. The zero-order valence-electron chi connectivity index (χ0n) is 11.9. The van der Waals surface area contributed by atoms with Gasteiger partial charge in [-0.1, -0.05) is 0 Å². The van der Waals surface area contributed by atoms with Crippen molar-refractivity contribution in [3.05, 3.63) is 0 Å². The van der Waals surface area contributed by atoms with E-state index in [1.807, 2.05) is 0 Å². The molecule has 0 radical (unpaired) electrons. The van der Waals surface area contributed by atoms with E-state index in [1.165, 1.54) is 0 Å². The fraction of sp³-hybridized carbons (Fsp3) is 0.857. The summed E-state index contributed by atoms with van der Waals surface area (Å²) in [5.41, 5.74) is -0.735. The molecule has 0 aromatic rings. The number of carbonyl (C=O) groups is 2. The summed E-state index contributed by atoms with van der Waals surface area (Å²) in [6.45, 7) is 4.17. The van der Waals surface area contributed by atoms with E-state index in [0.717, 1.165) is 25.7 Å². The number of ketones is 2. The second kappa shape index (κ2) is 7.03. The standard InChI is InChI=1S/C14H23O3.Sn.3H/c1-3-5-7-14(8-6-4-2)12(16)9-11(15)10-13(14)17;;;;/h9,11,15H,3-8,10H2,1-2H3;;;;. The van der Waals surface area contributed by atoms with Gasteiger partial charge in [0, 0.05) is 0 Å². The number of hydrogen-bond acceptors (Lipinski definition) is 3. The van der Waals surface area contributed by atoms with Crippen LogP contribution in [0, 0.1) is 5.41 Å². The predicted octanol–water partition coefficient (Wildman–Crippen LogP) is 1.41. The van der Waals surface area contributed by atoms with Gasteiger partial charge in [-0.2, -0.15) is 0 Å². The molecule has 104 valence electrons. The Morgan fingerprint density at radius 3 is 2.17 bits per heavy atom. The summed E-state index contributed by atoms with van der Waals surface area (Å²) < 4.78 is -0.182. The summed E-state index contributed by atoms with van der Waals surface area (Å²) >= 11 is 0.0780. The third kappa shape index (κ3) is 3.16. The third-order valence-electron chi connectivity index (χ3n) is 4.30. The van der Waals surface area contributed by atoms with Crippen molar-refractivity contribution in [2.24, 2.45) is 5.41 Å². The molecular formula is C14H26O3Sn. The van der Waals surface area contributed by atoms with Crippen molar-refractivity contribution < 1.29 is 14.7 Å². The quantitative estimate of drug-likeness (QED) is 0.575. The van der Waals surface area contributed by atoms with E-state index in [-0.39, 0.29) is 44.4 Å². The van der Waals surface area contributed by atoms with Crippen LogP contribution in [0.2, 0.25) is 3.93 Å². The van der Waals surface area contributed by atoms with E-state index >= 15 is 0 Å². The van der Waals surface area contributed by atoms with Crippen molar-refractivity contribution >= 4 is 34.1 Å². The maximum absolute atomic E-state index is 12.6. The second-order valence-corrected chi connectivity index (χ2v) is 9.19. The van der Waals surface area contributed by atoms with Gasteiger partial charge in [-0.25, -0.2) is 0 Å². The van der Waals surface area contributed by atoms with Crippen molar-refractivity contribution in [3.63, 3.8) is 0 Å². The van der Waals surface area contributed by atoms with Crippen molar-refractivity contribution in [3.8, 4) is 0 Å². The Labute approximate surface area is 123 Å². The number of rotatable bonds is 6. The van der Waals surface area contributed by atoms with Crippen LogP contribution in [-0.2, 0) is 9.59 Å². The van der Waals surface area contributed by atoms with Crippen LogP contribution in [0.25, 0.3) is 0 Å². The summed E-state index contributed by atoms with van der Waals surface area (Å²) in [4.78, 5) is 24.9. The summed E-state index contributed by atoms with van der Waals surface area (Å²) in [5.74, 6) is 0.0789. The molecule has 0 aromatic carbocycles. The minimum absolute atomic E-state index is 0.00582. The van der Waals surface area contributed by atoms with Crippen LogP contribution in [-0.4, -0.2) is 45.3 Å². The van der Waals surface area contributed by atoms with Gasteiger partial charge in [0.05, 0.1) is 0 Å². The monoisotopic (exact) mass is 362 g/mol. The Morgan fingerprint density at radius 1 is 1.22 bits per heavy atom. The van der Waals surface area contributed by atoms with Gasteiger partial charge in [0.1, 0.15) is 0 Å². The molecule has 0 heterocycles. The Bertz CT molecular complexity index is 306. The van der Waals surface area contributed by atoms with Gasteiger partial charge in [-0.05, 0) is 0 Å². The van der Waals surface area contributed by atoms with Gasteiger partial charge in [0.2, 0.25) is 0 Å². The fourth-order valence-corrected chi connectivity index (χ4v) is 5.17. The van der Waals surface area contributed by atoms with Gasteiger partial charge >= 0.3 is 123 Å². The number of unbranched alkanes of at least 4 members (excludes halogenated alkanes) is 2. The first-order valence-electron chi connectivity index (χ1n) is 7.25. The summed E-state index contributed by atoms with van der Waals surface area (Å²) in [7, 11) is 0. The first kappa shape index (κ1) is 16.2. The zero-order chi connectivity index (χ0) is 13.8. The van der Waals surface area contributed by atoms with Crippen molar-refractivity contribution in [1.82, 2.24) is 0 Å². The van der Waals surface area contributed by atoms with Crippen LogP contribution in [0.5, 0.6) is 0 Å². The maximum atomic E-state index is 12.6. The number of Topliss-reactive ketones (excluding diaryl/α,β-unsaturated/α-hetero) is 2. The zero-order valence-corrected chi connectivity index (χ0v) is 17.6. The molecule has 18 heavy (non-hydrogen) atoms. The first-order valence-corrected chi connectivity index (χ1v) is 10.5. The fourth-order valence-electron chi connectivity index (χ4n) is 2.92. The van der Waals surface area contributed by atoms with Gasteiger partial charge < -0.3 is 0 Å². The van der Waals surface area contributed by atoms with E-state index in [1.54, 1.807) is 0 Å². The molecule has 2 atom stereocenters. The summed E-state index contributed by atoms with van der Waals surface area (Å²) in [5, 5.41) is 9.81. The topological polar surface area (TPSA) is 54.4 Å². The minimum atomic E-state index is -0.735. The van der Waals surface area contributed by atoms with E-state index < -0.39 is 11.5 Å². The molecule has 1 N–H and O–H groups in total. The van der Waals surface area contributed by atoms with Crippen LogP contribution < -0.4 is 0 Å². The summed E-state index contributed by atoms with van der Waals surface area (Å²) in [6.07, 6.45) is 4.80. The summed E-state index contributed by atoms with van der Waals surface area (Å²) in [6, 6.07) is 0. The van der Waals surface area contributed by atoms with Crippen molar-refractivity contribution in [2.75, 3.05) is 0 Å². The SMILES string of the molecule is CCCCC1(CCCC)C(=O)CC(O)[CH]([SnH3])C1=O. The van der Waals surface area contributed by atoms with E-state index in [4.69, 9.17) is 0 Å². The molecule has 1 aliphatic carbocycles. The third-order valence-corrected chi connectivity index (χ3v) is 8.00. The molecule has 1 fully saturated rings. The molecule has 0 bridgehead atoms. The average Bonchev–Trinajstić information content (AvgIpc) is 2.36. The molecule has 4 heteroatoms. The van der Waals surface area contributed by atoms with Crippen LogP contribution >= 0.6 is 0 Å². The van der Waals surface area contributed by atoms with Crippen LogP contribution in [0.15, 0.2) is 0 Å². The molecule has 0 aliphatic heterocycles. The molecule has 1 aliphatic rings. The molecule has 1 rings (SSSR count). The normalized spacial score (nSPS) is 27.7. The van der Waals surface area contributed by atoms with Gasteiger partial charge in [0.15, 0.2) is 0 Å². The van der Waals surface area contributed by atoms with E-state index in [9.17, 15) is 14.7 Å². The van der Waals surface area contributed by atoms with Crippen molar-refractivity contribution in [2.45, 2.75) is 68.8 Å². The Balaban J connectivity index is 2.97. The number of aliphatic hydroxyl groups is 1. The molecule has 0 aromatic heterocycles. The van der Waals surface area contributed by atoms with Gasteiger partial charge in [0.25, 0.3) is 0 Å². The Morgan fingerprint density at radius 2 is 1.72 bits per heavy atom. The molecular weight excluding hydrogens is 335 g/mol. The molecule has 2 unspecified atom stereocenters. The number of aliphatic hydroxyl groups excluding tert-OH is 1. The Hall–Kier alpha value is 0.0987. The molecule has 1 saturated carbocycles. The van der Waals surface area contributed by atoms with Gasteiger partial charge in [-0.15, -0.1) is 0 Å². The van der Waals surface area contributed by atoms with E-state index in [0.29, 0.717) is 12.8 Å². The average molecular weight is 361 g/mol. The molecule has 0 spiro atoms. The van der Waals surface area contributed by atoms with Gasteiger partial charge in [-0.3, -0.25) is 0 Å². The van der Waals surface area contributed by atoms with Crippen LogP contribution in [0.4, 0.5) is 0 Å².